The maximum absolute atomic E-state index is 13.9. The van der Waals surface area contributed by atoms with Crippen molar-refractivity contribution in [2.24, 2.45) is 23.5 Å². The normalized spacial score (nSPS) is 33.1. The number of phenolic OH excluding ortho intramolecular Hbond substituents is 1. The van der Waals surface area contributed by atoms with Crippen LogP contribution in [0.3, 0.4) is 0 Å². The van der Waals surface area contributed by atoms with E-state index in [4.69, 9.17) is 5.73 Å². The molecule has 2 saturated carbocycles. The smallest absolute Gasteiger partial charge is 0.230 e. The first-order valence-corrected chi connectivity index (χ1v) is 15.6. The first-order valence-electron chi connectivity index (χ1n) is 13.4. The molecule has 1 aromatic carbocycles. The molecule has 9 nitrogen and oxygen atoms in total. The Hall–Kier alpha value is -1.67. The van der Waals surface area contributed by atoms with Gasteiger partial charge in [0.1, 0.15) is 17.4 Å². The molecule has 11 heteroatoms. The van der Waals surface area contributed by atoms with Crippen LogP contribution in [0.25, 0.3) is 0 Å². The average Bonchev–Trinajstić information content (AvgIpc) is 2.87. The minimum absolute atomic E-state index is 0.0971. The largest absolute Gasteiger partial charge is 0.508 e. The van der Waals surface area contributed by atoms with Gasteiger partial charge in [0.2, 0.25) is 5.91 Å². The number of thioether (sulfide) groups is 1. The van der Waals surface area contributed by atoms with Crippen LogP contribution in [0.2, 0.25) is 0 Å². The summed E-state index contributed by atoms with van der Waals surface area (Å²) >= 11 is 3.95. The van der Waals surface area contributed by atoms with Crippen LogP contribution < -0.4 is 5.73 Å². The van der Waals surface area contributed by atoms with Gasteiger partial charge in [0.15, 0.2) is 17.2 Å². The molecule has 6 N–H and O–H groups in total. The van der Waals surface area contributed by atoms with E-state index < -0.39 is 58.7 Å². The van der Waals surface area contributed by atoms with E-state index in [0.29, 0.717) is 28.6 Å². The van der Waals surface area contributed by atoms with Gasteiger partial charge in [-0.1, -0.05) is 19.3 Å². The molecular formula is C28H35IN2O7S. The van der Waals surface area contributed by atoms with Gasteiger partial charge in [-0.25, -0.2) is 0 Å². The molecule has 6 unspecified atom stereocenters. The summed E-state index contributed by atoms with van der Waals surface area (Å²) in [4.78, 5) is 41.2. The maximum atomic E-state index is 13.9. The zero-order valence-electron chi connectivity index (χ0n) is 22.0. The van der Waals surface area contributed by atoms with Gasteiger partial charge in [0.25, 0.3) is 0 Å². The Kier molecular flexibility index (Phi) is 7.86. The molecular weight excluding hydrogens is 635 g/mol. The van der Waals surface area contributed by atoms with Gasteiger partial charge in [-0.15, -0.1) is 0 Å². The highest BCUT2D eigenvalue weighted by atomic mass is 127. The van der Waals surface area contributed by atoms with Crippen molar-refractivity contribution in [2.45, 2.75) is 73.7 Å². The van der Waals surface area contributed by atoms with Crippen LogP contribution >= 0.6 is 34.4 Å². The molecule has 2 fully saturated rings. The molecule has 0 aromatic heterocycles. The van der Waals surface area contributed by atoms with Crippen LogP contribution in [0.1, 0.15) is 60.0 Å². The van der Waals surface area contributed by atoms with Crippen molar-refractivity contribution >= 4 is 51.8 Å². The summed E-state index contributed by atoms with van der Waals surface area (Å²) in [6.07, 6.45) is 4.87. The van der Waals surface area contributed by atoms with Gasteiger partial charge in [0, 0.05) is 37.7 Å². The summed E-state index contributed by atoms with van der Waals surface area (Å²) in [5.41, 5.74) is 4.18. The number of carbonyl (C=O) groups excluding carboxylic acids is 3. The van der Waals surface area contributed by atoms with Crippen molar-refractivity contribution in [2.75, 3.05) is 14.1 Å². The molecule has 6 atom stereocenters. The second kappa shape index (κ2) is 10.6. The molecule has 1 amide bonds. The Labute approximate surface area is 245 Å². The number of likely N-dealkylation sites (N-methyl/N-ethyl adjacent to an activating group) is 1. The second-order valence-electron chi connectivity index (χ2n) is 11.6. The fraction of sp³-hybridized carbons (Fsp3) is 0.607. The number of carbonyl (C=O) groups is 3. The van der Waals surface area contributed by atoms with Gasteiger partial charge >= 0.3 is 0 Å². The number of halogens is 1. The van der Waals surface area contributed by atoms with Gasteiger partial charge in [0.05, 0.1) is 11.7 Å². The SMILES string of the molecule is CN(C)C1C(O)C(C(N)=O)C(=O)C2(O)C(O)=C3C(=O)c4c(O)c(CSC5CCCCC5)cc(I)c4CC3CC12. The monoisotopic (exact) mass is 670 g/mol. The number of amides is 1. The Balaban J connectivity index is 1.57. The zero-order chi connectivity index (χ0) is 28.4. The number of aliphatic hydroxyl groups is 3. The van der Waals surface area contributed by atoms with Gasteiger partial charge in [-0.05, 0) is 79.9 Å². The van der Waals surface area contributed by atoms with Crippen molar-refractivity contribution in [3.05, 3.63) is 37.7 Å². The summed E-state index contributed by atoms with van der Waals surface area (Å²) < 4.78 is 0.838. The van der Waals surface area contributed by atoms with Crippen molar-refractivity contribution in [3.8, 4) is 5.75 Å². The zero-order valence-corrected chi connectivity index (χ0v) is 25.0. The fourth-order valence-electron chi connectivity index (χ4n) is 7.23. The average molecular weight is 671 g/mol. The third kappa shape index (κ3) is 4.52. The molecule has 4 aliphatic carbocycles. The maximum Gasteiger partial charge on any atom is 0.230 e. The number of hydrogen-bond donors (Lipinski definition) is 5. The standard InChI is InChI=1S/C28H35IN2O7S/c1-31(2)21-16-9-12-8-15-17(29)10-13(11-39-14-6-4-3-5-7-14)22(32)19(15)23(33)18(12)25(35)28(16,38)26(36)20(24(21)34)27(30)37/h10,12,14,16,20-21,24,32,34-35,38H,3-9,11H2,1-2H3,(H2,30,37). The Morgan fingerprint density at radius 2 is 1.87 bits per heavy atom. The van der Waals surface area contributed by atoms with E-state index in [2.05, 4.69) is 22.6 Å². The van der Waals surface area contributed by atoms with Crippen LogP contribution in [0, 0.1) is 21.3 Å². The van der Waals surface area contributed by atoms with E-state index in [1.807, 2.05) is 6.07 Å². The highest BCUT2D eigenvalue weighted by Crippen LogP contribution is 2.53. The minimum Gasteiger partial charge on any atom is -0.508 e. The number of nitrogens with zero attached hydrogens (tertiary/aromatic N) is 1. The number of allylic oxidation sites excluding steroid dienone is 1. The lowest BCUT2D eigenvalue weighted by molar-refractivity contribution is -0.178. The summed E-state index contributed by atoms with van der Waals surface area (Å²) in [5.74, 6) is -6.49. The molecule has 0 heterocycles. The lowest BCUT2D eigenvalue weighted by Gasteiger charge is -2.53. The van der Waals surface area contributed by atoms with E-state index >= 15 is 0 Å². The van der Waals surface area contributed by atoms with Crippen molar-refractivity contribution in [1.82, 2.24) is 4.90 Å². The predicted molar refractivity (Wildman–Crippen MR) is 154 cm³/mol. The van der Waals surface area contributed by atoms with Crippen LogP contribution in [0.4, 0.5) is 0 Å². The van der Waals surface area contributed by atoms with Crippen LogP contribution in [-0.4, -0.2) is 79.9 Å². The molecule has 1 aromatic rings. The number of aliphatic hydroxyl groups excluding tert-OH is 2. The van der Waals surface area contributed by atoms with E-state index in [1.165, 1.54) is 19.3 Å². The molecule has 0 spiro atoms. The number of rotatable bonds is 5. The highest BCUT2D eigenvalue weighted by molar-refractivity contribution is 14.1. The lowest BCUT2D eigenvalue weighted by atomic mass is 9.56. The number of aromatic hydroxyl groups is 1. The number of Topliss-reactive ketones (excluding diaryl/α,β-unsaturated/α-hetero) is 2. The molecule has 5 rings (SSSR count). The predicted octanol–water partition coefficient (Wildman–Crippen LogP) is 2.46. The number of phenols is 1. The van der Waals surface area contributed by atoms with Crippen LogP contribution in [-0.2, 0) is 21.8 Å². The summed E-state index contributed by atoms with van der Waals surface area (Å²) in [6, 6.07) is 1.04. The number of ketones is 2. The fourth-order valence-corrected chi connectivity index (χ4v) is 9.40. The number of benzene rings is 1. The van der Waals surface area contributed by atoms with Crippen molar-refractivity contribution < 1.29 is 34.8 Å². The quantitative estimate of drug-likeness (QED) is 0.234. The van der Waals surface area contributed by atoms with Gasteiger partial charge in [-0.2, -0.15) is 11.8 Å². The molecule has 4 aliphatic rings. The summed E-state index contributed by atoms with van der Waals surface area (Å²) in [7, 11) is 3.29. The molecule has 0 radical (unpaired) electrons. The number of primary amides is 1. The van der Waals surface area contributed by atoms with E-state index in [-0.39, 0.29) is 23.3 Å². The third-order valence-electron chi connectivity index (χ3n) is 9.15. The number of fused-ring (bicyclic) bond motifs is 3. The Bertz CT molecular complexity index is 1260. The molecule has 39 heavy (non-hydrogen) atoms. The number of hydrogen-bond acceptors (Lipinski definition) is 9. The second-order valence-corrected chi connectivity index (χ2v) is 14.0. The van der Waals surface area contributed by atoms with E-state index in [9.17, 15) is 34.8 Å². The molecule has 0 aliphatic heterocycles. The lowest BCUT2D eigenvalue weighted by Crippen LogP contribution is -2.71. The van der Waals surface area contributed by atoms with Crippen molar-refractivity contribution in [3.63, 3.8) is 0 Å². The minimum atomic E-state index is -2.57. The van der Waals surface area contributed by atoms with Gasteiger partial charge in [-0.3, -0.25) is 14.4 Å². The molecule has 212 valence electrons. The van der Waals surface area contributed by atoms with E-state index in [0.717, 1.165) is 16.4 Å². The molecule has 0 bridgehead atoms. The Morgan fingerprint density at radius 3 is 2.49 bits per heavy atom. The topological polar surface area (TPSA) is 161 Å². The number of nitrogens with two attached hydrogens (primary N) is 1. The van der Waals surface area contributed by atoms with Gasteiger partial charge < -0.3 is 31.1 Å². The Morgan fingerprint density at radius 1 is 1.21 bits per heavy atom. The van der Waals surface area contributed by atoms with E-state index in [1.54, 1.807) is 30.8 Å². The van der Waals surface area contributed by atoms with Crippen molar-refractivity contribution in [1.29, 1.82) is 0 Å². The van der Waals surface area contributed by atoms with Crippen LogP contribution in [0.15, 0.2) is 17.4 Å². The first-order chi connectivity index (χ1) is 18.4. The first kappa shape index (κ1) is 28.8. The molecule has 0 saturated heterocycles. The summed E-state index contributed by atoms with van der Waals surface area (Å²) in [6.45, 7) is 0. The third-order valence-corrected chi connectivity index (χ3v) is 11.5. The highest BCUT2D eigenvalue weighted by Gasteiger charge is 2.66. The summed E-state index contributed by atoms with van der Waals surface area (Å²) in [5, 5.41) is 46.0. The van der Waals surface area contributed by atoms with Crippen LogP contribution in [0.5, 0.6) is 5.75 Å².